The number of halogens is 1. The van der Waals surface area contributed by atoms with Gasteiger partial charge in [0, 0.05) is 64.6 Å². The summed E-state index contributed by atoms with van der Waals surface area (Å²) in [6.45, 7) is 9.88. The van der Waals surface area contributed by atoms with Gasteiger partial charge in [0.25, 0.3) is 0 Å². The molecule has 33 heavy (non-hydrogen) atoms. The summed E-state index contributed by atoms with van der Waals surface area (Å²) in [6, 6.07) is 6.15. The Balaban J connectivity index is 0.00000385. The van der Waals surface area contributed by atoms with Crippen LogP contribution in [0.15, 0.2) is 23.2 Å². The lowest BCUT2D eigenvalue weighted by Gasteiger charge is -2.36. The molecule has 184 valence electrons. The van der Waals surface area contributed by atoms with Gasteiger partial charge in [-0.3, -0.25) is 14.6 Å². The SMILES string of the molecule is CCc1nn(C)c(CC)c1CNC(=NC)N1CCN(Cc2ccc(OC)c(OC)c2)CC1.I. The van der Waals surface area contributed by atoms with Crippen molar-refractivity contribution in [1.82, 2.24) is 24.9 Å². The molecule has 8 nitrogen and oxygen atoms in total. The number of nitrogens with zero attached hydrogens (tertiary/aromatic N) is 5. The van der Waals surface area contributed by atoms with E-state index in [0.29, 0.717) is 0 Å². The first-order valence-corrected chi connectivity index (χ1v) is 11.5. The second-order valence-electron chi connectivity index (χ2n) is 8.06. The molecule has 0 aliphatic carbocycles. The highest BCUT2D eigenvalue weighted by atomic mass is 127. The van der Waals surface area contributed by atoms with Crippen molar-refractivity contribution in [2.75, 3.05) is 47.4 Å². The van der Waals surface area contributed by atoms with Crippen molar-refractivity contribution in [3.63, 3.8) is 0 Å². The number of hydrogen-bond donors (Lipinski definition) is 1. The zero-order valence-corrected chi connectivity index (χ0v) is 23.2. The van der Waals surface area contributed by atoms with Gasteiger partial charge in [0.15, 0.2) is 17.5 Å². The highest BCUT2D eigenvalue weighted by molar-refractivity contribution is 14.0. The predicted octanol–water partition coefficient (Wildman–Crippen LogP) is 3.07. The zero-order chi connectivity index (χ0) is 23.1. The molecular weight excluding hydrogens is 531 g/mol. The zero-order valence-electron chi connectivity index (χ0n) is 20.8. The predicted molar refractivity (Wildman–Crippen MR) is 144 cm³/mol. The minimum Gasteiger partial charge on any atom is -0.493 e. The van der Waals surface area contributed by atoms with Crippen LogP contribution in [0.1, 0.15) is 36.4 Å². The molecule has 2 heterocycles. The van der Waals surface area contributed by atoms with E-state index in [1.54, 1.807) is 14.2 Å². The number of nitrogens with one attached hydrogen (secondary N) is 1. The lowest BCUT2D eigenvalue weighted by molar-refractivity contribution is 0.172. The number of methoxy groups -OCH3 is 2. The van der Waals surface area contributed by atoms with E-state index in [9.17, 15) is 0 Å². The summed E-state index contributed by atoms with van der Waals surface area (Å²) < 4.78 is 12.8. The van der Waals surface area contributed by atoms with E-state index in [0.717, 1.165) is 69.6 Å². The van der Waals surface area contributed by atoms with E-state index < -0.39 is 0 Å². The number of piperazine rings is 1. The van der Waals surface area contributed by atoms with Gasteiger partial charge in [-0.25, -0.2) is 0 Å². The average molecular weight is 571 g/mol. The largest absolute Gasteiger partial charge is 0.493 e. The number of aromatic nitrogens is 2. The maximum Gasteiger partial charge on any atom is 0.194 e. The molecule has 1 saturated heterocycles. The minimum atomic E-state index is 0. The van der Waals surface area contributed by atoms with Crippen LogP contribution in [-0.2, 0) is 33.0 Å². The smallest absolute Gasteiger partial charge is 0.194 e. The molecule has 3 rings (SSSR count). The number of hydrogen-bond acceptors (Lipinski definition) is 5. The van der Waals surface area contributed by atoms with Crippen LogP contribution < -0.4 is 14.8 Å². The van der Waals surface area contributed by atoms with Crippen LogP contribution in [0.3, 0.4) is 0 Å². The van der Waals surface area contributed by atoms with Crippen molar-refractivity contribution < 1.29 is 9.47 Å². The Morgan fingerprint density at radius 2 is 1.76 bits per heavy atom. The second kappa shape index (κ2) is 13.0. The molecule has 1 aromatic heterocycles. The Morgan fingerprint density at radius 1 is 1.06 bits per heavy atom. The number of aliphatic imine (C=N–C) groups is 1. The monoisotopic (exact) mass is 570 g/mol. The van der Waals surface area contributed by atoms with Gasteiger partial charge in [-0.2, -0.15) is 5.10 Å². The molecule has 1 fully saturated rings. The number of aryl methyl sites for hydroxylation is 2. The van der Waals surface area contributed by atoms with Crippen molar-refractivity contribution >= 4 is 29.9 Å². The summed E-state index contributed by atoms with van der Waals surface area (Å²) in [4.78, 5) is 9.37. The molecule has 0 atom stereocenters. The topological polar surface area (TPSA) is 67.2 Å². The van der Waals surface area contributed by atoms with Gasteiger partial charge < -0.3 is 19.7 Å². The molecule has 9 heteroatoms. The lowest BCUT2D eigenvalue weighted by Crippen LogP contribution is -2.52. The third kappa shape index (κ3) is 6.53. The number of rotatable bonds is 8. The molecule has 0 amide bonds. The van der Waals surface area contributed by atoms with E-state index in [1.165, 1.54) is 22.5 Å². The fraction of sp³-hybridized carbons (Fsp3) is 0.583. The van der Waals surface area contributed by atoms with Gasteiger partial charge in [-0.15, -0.1) is 24.0 Å². The first-order chi connectivity index (χ1) is 15.5. The summed E-state index contributed by atoms with van der Waals surface area (Å²) in [6.07, 6.45) is 1.92. The average Bonchev–Trinajstić information content (AvgIpc) is 3.14. The Kier molecular flexibility index (Phi) is 10.7. The van der Waals surface area contributed by atoms with Crippen molar-refractivity contribution in [2.24, 2.45) is 12.0 Å². The lowest BCUT2D eigenvalue weighted by atomic mass is 10.1. The summed E-state index contributed by atoms with van der Waals surface area (Å²) in [5.74, 6) is 2.51. The van der Waals surface area contributed by atoms with Crippen LogP contribution in [0.4, 0.5) is 0 Å². The molecule has 2 aromatic rings. The van der Waals surface area contributed by atoms with Crippen LogP contribution >= 0.6 is 24.0 Å². The highest BCUT2D eigenvalue weighted by Gasteiger charge is 2.21. The minimum absolute atomic E-state index is 0. The molecule has 1 aliphatic heterocycles. The molecule has 0 unspecified atom stereocenters. The van der Waals surface area contributed by atoms with Crippen LogP contribution in [0, 0.1) is 0 Å². The maximum absolute atomic E-state index is 5.45. The molecular formula is C24H39IN6O2. The van der Waals surface area contributed by atoms with E-state index in [2.05, 4.69) is 51.2 Å². The van der Waals surface area contributed by atoms with Crippen LogP contribution in [0.5, 0.6) is 11.5 Å². The summed E-state index contributed by atoms with van der Waals surface area (Å²) in [5.41, 5.74) is 5.01. The quantitative estimate of drug-likeness (QED) is 0.299. The number of benzene rings is 1. The Bertz CT molecular complexity index is 922. The molecule has 0 saturated carbocycles. The van der Waals surface area contributed by atoms with E-state index in [1.807, 2.05) is 24.8 Å². The molecule has 0 bridgehead atoms. The van der Waals surface area contributed by atoms with Gasteiger partial charge in [-0.05, 0) is 30.5 Å². The van der Waals surface area contributed by atoms with Gasteiger partial charge in [0.05, 0.1) is 19.9 Å². The third-order valence-corrected chi connectivity index (χ3v) is 6.19. The fourth-order valence-electron chi connectivity index (χ4n) is 4.45. The summed E-state index contributed by atoms with van der Waals surface area (Å²) in [7, 11) is 7.24. The highest BCUT2D eigenvalue weighted by Crippen LogP contribution is 2.28. The van der Waals surface area contributed by atoms with Gasteiger partial charge in [0.2, 0.25) is 0 Å². The molecule has 1 aromatic carbocycles. The van der Waals surface area contributed by atoms with Crippen molar-refractivity contribution in [2.45, 2.75) is 39.8 Å². The van der Waals surface area contributed by atoms with E-state index >= 15 is 0 Å². The Labute approximate surface area is 215 Å². The van der Waals surface area contributed by atoms with Crippen molar-refractivity contribution in [1.29, 1.82) is 0 Å². The molecule has 0 radical (unpaired) electrons. The van der Waals surface area contributed by atoms with Gasteiger partial charge >= 0.3 is 0 Å². The fourth-order valence-corrected chi connectivity index (χ4v) is 4.45. The first-order valence-electron chi connectivity index (χ1n) is 11.5. The number of ether oxygens (including phenoxy) is 2. The van der Waals surface area contributed by atoms with E-state index in [4.69, 9.17) is 9.47 Å². The standard InChI is InChI=1S/C24H38N6O2.HI/c1-7-20-19(21(8-2)28(4)27-20)16-26-24(25-3)30-13-11-29(12-14-30)17-18-9-10-22(31-5)23(15-18)32-6;/h9-10,15H,7-8,11-14,16-17H2,1-6H3,(H,25,26);1H. The normalized spacial score (nSPS) is 14.7. The van der Waals surface area contributed by atoms with Crippen LogP contribution in [0.25, 0.3) is 0 Å². The van der Waals surface area contributed by atoms with Crippen LogP contribution in [-0.4, -0.2) is 73.0 Å². The number of guanidine groups is 1. The maximum atomic E-state index is 5.45. The molecule has 0 spiro atoms. The van der Waals surface area contributed by atoms with Gasteiger partial charge in [0.1, 0.15) is 0 Å². The van der Waals surface area contributed by atoms with Crippen molar-refractivity contribution in [3.05, 3.63) is 40.7 Å². The molecule has 1 aliphatic rings. The van der Waals surface area contributed by atoms with Crippen LogP contribution in [0.2, 0.25) is 0 Å². The van der Waals surface area contributed by atoms with E-state index in [-0.39, 0.29) is 24.0 Å². The van der Waals surface area contributed by atoms with Gasteiger partial charge in [-0.1, -0.05) is 19.9 Å². The summed E-state index contributed by atoms with van der Waals surface area (Å²) in [5, 5.41) is 8.27. The Morgan fingerprint density at radius 3 is 2.33 bits per heavy atom. The first kappa shape index (κ1) is 27.2. The van der Waals surface area contributed by atoms with Crippen molar-refractivity contribution in [3.8, 4) is 11.5 Å². The molecule has 1 N–H and O–H groups in total. The second-order valence-corrected chi connectivity index (χ2v) is 8.06. The summed E-state index contributed by atoms with van der Waals surface area (Å²) >= 11 is 0. The third-order valence-electron chi connectivity index (χ3n) is 6.19. The Hall–Kier alpha value is -2.01.